The molecule has 1 amide bonds. The van der Waals surface area contributed by atoms with E-state index in [0.717, 1.165) is 0 Å². The summed E-state index contributed by atoms with van der Waals surface area (Å²) in [7, 11) is 0. The second-order valence-electron chi connectivity index (χ2n) is 4.21. The maximum Gasteiger partial charge on any atom is 0.308 e. The van der Waals surface area contributed by atoms with Crippen molar-refractivity contribution in [3.63, 3.8) is 0 Å². The first-order valence-corrected chi connectivity index (χ1v) is 7.01. The predicted octanol–water partition coefficient (Wildman–Crippen LogP) is 3.29. The van der Waals surface area contributed by atoms with Crippen molar-refractivity contribution in [2.75, 3.05) is 13.1 Å². The smallest absolute Gasteiger partial charge is 0.308 e. The third kappa shape index (κ3) is 4.21. The van der Waals surface area contributed by atoms with E-state index in [1.807, 2.05) is 6.92 Å². The van der Waals surface area contributed by atoms with Crippen molar-refractivity contribution in [3.8, 4) is 0 Å². The van der Waals surface area contributed by atoms with Crippen LogP contribution in [0.3, 0.4) is 0 Å². The van der Waals surface area contributed by atoms with E-state index in [1.165, 1.54) is 4.90 Å². The Kier molecular flexibility index (Phi) is 5.82. The first-order valence-electron chi connectivity index (χ1n) is 5.84. The Morgan fingerprint density at radius 2 is 2.11 bits per heavy atom. The molecule has 0 fully saturated rings. The number of carboxylic acids is 1. The van der Waals surface area contributed by atoms with E-state index >= 15 is 0 Å². The summed E-state index contributed by atoms with van der Waals surface area (Å²) in [6.45, 7) is 4.00. The summed E-state index contributed by atoms with van der Waals surface area (Å²) in [5, 5.41) is 9.38. The van der Waals surface area contributed by atoms with Crippen molar-refractivity contribution in [1.82, 2.24) is 4.90 Å². The maximum absolute atomic E-state index is 12.4. The Morgan fingerprint density at radius 1 is 1.47 bits per heavy atom. The van der Waals surface area contributed by atoms with E-state index in [-0.39, 0.29) is 12.5 Å². The Balaban J connectivity index is 2.95. The lowest BCUT2D eigenvalue weighted by Gasteiger charge is -2.23. The molecule has 0 spiro atoms. The Labute approximate surface area is 125 Å². The highest BCUT2D eigenvalue weighted by Gasteiger charge is 2.22. The molecule has 6 heteroatoms. The van der Waals surface area contributed by atoms with Gasteiger partial charge < -0.3 is 10.0 Å². The third-order valence-corrected chi connectivity index (χ3v) is 3.67. The molecule has 0 heterocycles. The molecular weight excluding hydrogens is 334 g/mol. The van der Waals surface area contributed by atoms with Crippen LogP contribution in [0.25, 0.3) is 0 Å². The molecule has 1 aromatic carbocycles. The van der Waals surface area contributed by atoms with Crippen molar-refractivity contribution < 1.29 is 14.7 Å². The lowest BCUT2D eigenvalue weighted by molar-refractivity contribution is -0.141. The molecule has 1 atom stereocenters. The summed E-state index contributed by atoms with van der Waals surface area (Å²) >= 11 is 9.18. The van der Waals surface area contributed by atoms with Gasteiger partial charge in [0.2, 0.25) is 0 Å². The van der Waals surface area contributed by atoms with Gasteiger partial charge >= 0.3 is 5.97 Å². The molecule has 0 aliphatic rings. The zero-order valence-corrected chi connectivity index (χ0v) is 13.0. The molecule has 0 saturated heterocycles. The van der Waals surface area contributed by atoms with Gasteiger partial charge in [0, 0.05) is 22.6 Å². The van der Waals surface area contributed by atoms with Crippen molar-refractivity contribution in [3.05, 3.63) is 33.3 Å². The summed E-state index contributed by atoms with van der Waals surface area (Å²) in [6, 6.07) is 4.95. The Bertz CT molecular complexity index is 493. The fourth-order valence-corrected chi connectivity index (χ4v) is 2.18. The quantitative estimate of drug-likeness (QED) is 0.888. The molecule has 0 aromatic heterocycles. The number of carboxylic acid groups (broad SMARTS) is 1. The average molecular weight is 349 g/mol. The van der Waals surface area contributed by atoms with Gasteiger partial charge in [-0.25, -0.2) is 0 Å². The second kappa shape index (κ2) is 6.91. The number of hydrogen-bond donors (Lipinski definition) is 1. The predicted molar refractivity (Wildman–Crippen MR) is 77.5 cm³/mol. The summed E-state index contributed by atoms with van der Waals surface area (Å²) in [5.41, 5.74) is 0.437. The minimum absolute atomic E-state index is 0.170. The minimum atomic E-state index is -0.920. The van der Waals surface area contributed by atoms with E-state index in [9.17, 15) is 9.59 Å². The van der Waals surface area contributed by atoms with Crippen LogP contribution in [-0.4, -0.2) is 35.0 Å². The fourth-order valence-electron chi connectivity index (χ4n) is 1.60. The van der Waals surface area contributed by atoms with E-state index in [4.69, 9.17) is 16.7 Å². The van der Waals surface area contributed by atoms with Gasteiger partial charge in [-0.2, -0.15) is 0 Å². The van der Waals surface area contributed by atoms with Crippen LogP contribution < -0.4 is 0 Å². The first kappa shape index (κ1) is 16.0. The standard InChI is InChI=1S/C13H15BrClNO3/c1-3-16(7-8(2)13(18)19)12(17)10-6-9(15)4-5-11(10)14/h4-6,8H,3,7H2,1-2H3,(H,18,19). The molecule has 19 heavy (non-hydrogen) atoms. The van der Waals surface area contributed by atoms with Gasteiger partial charge in [-0.05, 0) is 41.1 Å². The van der Waals surface area contributed by atoms with Gasteiger partial charge in [0.1, 0.15) is 0 Å². The number of hydrogen-bond acceptors (Lipinski definition) is 2. The second-order valence-corrected chi connectivity index (χ2v) is 5.50. The van der Waals surface area contributed by atoms with Crippen LogP contribution in [0.5, 0.6) is 0 Å². The number of amides is 1. The fraction of sp³-hybridized carbons (Fsp3) is 0.385. The number of nitrogens with zero attached hydrogens (tertiary/aromatic N) is 1. The van der Waals surface area contributed by atoms with Crippen LogP contribution in [0, 0.1) is 5.92 Å². The van der Waals surface area contributed by atoms with Crippen LogP contribution >= 0.6 is 27.5 Å². The molecule has 4 nitrogen and oxygen atoms in total. The van der Waals surface area contributed by atoms with Gasteiger partial charge in [-0.15, -0.1) is 0 Å². The minimum Gasteiger partial charge on any atom is -0.481 e. The number of aliphatic carboxylic acids is 1. The number of carbonyl (C=O) groups excluding carboxylic acids is 1. The molecular formula is C13H15BrClNO3. The molecule has 1 aromatic rings. The summed E-state index contributed by atoms with van der Waals surface area (Å²) in [6.07, 6.45) is 0. The number of rotatable bonds is 5. The van der Waals surface area contributed by atoms with Crippen molar-refractivity contribution in [2.45, 2.75) is 13.8 Å². The van der Waals surface area contributed by atoms with E-state index in [2.05, 4.69) is 15.9 Å². The summed E-state index contributed by atoms with van der Waals surface area (Å²) in [5.74, 6) is -1.76. The number of benzene rings is 1. The van der Waals surface area contributed by atoms with Gasteiger partial charge in [0.05, 0.1) is 11.5 Å². The Hall–Kier alpha value is -1.07. The Morgan fingerprint density at radius 3 is 2.63 bits per heavy atom. The molecule has 0 aliphatic carbocycles. The van der Waals surface area contributed by atoms with Crippen LogP contribution in [0.2, 0.25) is 5.02 Å². The lowest BCUT2D eigenvalue weighted by Crippen LogP contribution is -2.36. The van der Waals surface area contributed by atoms with Gasteiger partial charge in [0.15, 0.2) is 0 Å². The third-order valence-electron chi connectivity index (χ3n) is 2.74. The van der Waals surface area contributed by atoms with Crippen molar-refractivity contribution in [1.29, 1.82) is 0 Å². The number of halogens is 2. The highest BCUT2D eigenvalue weighted by atomic mass is 79.9. The lowest BCUT2D eigenvalue weighted by atomic mass is 10.1. The van der Waals surface area contributed by atoms with Crippen molar-refractivity contribution >= 4 is 39.4 Å². The molecule has 0 aliphatic heterocycles. The monoisotopic (exact) mass is 347 g/mol. The van der Waals surface area contributed by atoms with Crippen molar-refractivity contribution in [2.24, 2.45) is 5.92 Å². The molecule has 0 radical (unpaired) electrons. The molecule has 1 N–H and O–H groups in total. The molecule has 1 unspecified atom stereocenters. The van der Waals surface area contributed by atoms with Gasteiger partial charge in [-0.3, -0.25) is 9.59 Å². The molecule has 0 saturated carbocycles. The first-order chi connectivity index (χ1) is 8.86. The van der Waals surface area contributed by atoms with E-state index in [0.29, 0.717) is 21.6 Å². The summed E-state index contributed by atoms with van der Waals surface area (Å²) in [4.78, 5) is 24.7. The molecule has 0 bridgehead atoms. The van der Waals surface area contributed by atoms with Gasteiger partial charge in [0.25, 0.3) is 5.91 Å². The van der Waals surface area contributed by atoms with Crippen LogP contribution in [0.15, 0.2) is 22.7 Å². The molecule has 104 valence electrons. The SMILES string of the molecule is CCN(CC(C)C(=O)O)C(=O)c1cc(Cl)ccc1Br. The highest BCUT2D eigenvalue weighted by molar-refractivity contribution is 9.10. The van der Waals surface area contributed by atoms with E-state index < -0.39 is 11.9 Å². The highest BCUT2D eigenvalue weighted by Crippen LogP contribution is 2.23. The van der Waals surface area contributed by atoms with Crippen LogP contribution in [0.1, 0.15) is 24.2 Å². The number of carbonyl (C=O) groups is 2. The average Bonchev–Trinajstić information content (AvgIpc) is 2.37. The zero-order valence-electron chi connectivity index (χ0n) is 10.7. The van der Waals surface area contributed by atoms with Gasteiger partial charge in [-0.1, -0.05) is 18.5 Å². The largest absolute Gasteiger partial charge is 0.481 e. The van der Waals surface area contributed by atoms with Crippen LogP contribution in [0.4, 0.5) is 0 Å². The topological polar surface area (TPSA) is 57.6 Å². The maximum atomic E-state index is 12.4. The van der Waals surface area contributed by atoms with E-state index in [1.54, 1.807) is 25.1 Å². The summed E-state index contributed by atoms with van der Waals surface area (Å²) < 4.78 is 0.642. The molecule has 1 rings (SSSR count). The normalized spacial score (nSPS) is 12.0. The zero-order chi connectivity index (χ0) is 14.6. The van der Waals surface area contributed by atoms with Crippen LogP contribution in [-0.2, 0) is 4.79 Å².